The molecule has 0 bridgehead atoms. The van der Waals surface area contributed by atoms with Gasteiger partial charge in [0, 0.05) is 25.2 Å². The number of likely N-dealkylation sites (tertiary alicyclic amines) is 1. The number of hydrogen-bond acceptors (Lipinski definition) is 4. The number of rotatable bonds is 5. The van der Waals surface area contributed by atoms with Gasteiger partial charge in [-0.05, 0) is 36.5 Å². The van der Waals surface area contributed by atoms with E-state index < -0.39 is 0 Å². The molecule has 1 amide bonds. The molecule has 1 fully saturated rings. The van der Waals surface area contributed by atoms with Gasteiger partial charge in [0.15, 0.2) is 5.69 Å². The Kier molecular flexibility index (Phi) is 5.48. The molecule has 24 heavy (non-hydrogen) atoms. The minimum Gasteiger partial charge on any atom is -0.384 e. The Bertz CT molecular complexity index is 684. The monoisotopic (exact) mass is 348 g/mol. The van der Waals surface area contributed by atoms with E-state index in [0.717, 1.165) is 31.5 Å². The Labute approximate surface area is 146 Å². The molecule has 6 nitrogen and oxygen atoms in total. The number of benzene rings is 1. The van der Waals surface area contributed by atoms with Gasteiger partial charge in [0.25, 0.3) is 5.91 Å². The van der Waals surface area contributed by atoms with E-state index in [1.165, 1.54) is 0 Å². The minimum absolute atomic E-state index is 0.0573. The molecule has 0 radical (unpaired) electrons. The van der Waals surface area contributed by atoms with Crippen molar-refractivity contribution in [2.75, 3.05) is 26.8 Å². The summed E-state index contributed by atoms with van der Waals surface area (Å²) in [5.74, 6) is 0.343. The highest BCUT2D eigenvalue weighted by Gasteiger charge is 2.26. The number of halogens is 1. The highest BCUT2D eigenvalue weighted by Crippen LogP contribution is 2.18. The predicted molar refractivity (Wildman–Crippen MR) is 91.1 cm³/mol. The van der Waals surface area contributed by atoms with Gasteiger partial charge >= 0.3 is 0 Å². The number of methoxy groups -OCH3 is 1. The van der Waals surface area contributed by atoms with Crippen molar-refractivity contribution in [1.29, 1.82) is 0 Å². The summed E-state index contributed by atoms with van der Waals surface area (Å²) in [4.78, 5) is 14.5. The van der Waals surface area contributed by atoms with Crippen LogP contribution in [0.1, 0.15) is 28.9 Å². The van der Waals surface area contributed by atoms with Crippen LogP contribution < -0.4 is 0 Å². The number of carbonyl (C=O) groups is 1. The van der Waals surface area contributed by atoms with Crippen molar-refractivity contribution in [2.24, 2.45) is 5.92 Å². The molecule has 0 spiro atoms. The molecular formula is C17H21ClN4O2. The summed E-state index contributed by atoms with van der Waals surface area (Å²) in [6.07, 6.45) is 3.80. The topological polar surface area (TPSA) is 60.2 Å². The third-order valence-electron chi connectivity index (χ3n) is 4.22. The molecule has 3 rings (SSSR count). The van der Waals surface area contributed by atoms with Crippen LogP contribution in [0.25, 0.3) is 0 Å². The van der Waals surface area contributed by atoms with E-state index in [1.54, 1.807) is 18.0 Å². The smallest absolute Gasteiger partial charge is 0.276 e. The van der Waals surface area contributed by atoms with Crippen molar-refractivity contribution < 1.29 is 9.53 Å². The maximum absolute atomic E-state index is 12.6. The minimum atomic E-state index is -0.0573. The zero-order valence-electron chi connectivity index (χ0n) is 13.7. The molecule has 0 N–H and O–H groups in total. The zero-order valence-corrected chi connectivity index (χ0v) is 14.4. The van der Waals surface area contributed by atoms with E-state index in [2.05, 4.69) is 10.3 Å². The van der Waals surface area contributed by atoms with Gasteiger partial charge < -0.3 is 9.64 Å². The van der Waals surface area contributed by atoms with Crippen LogP contribution in [0.3, 0.4) is 0 Å². The van der Waals surface area contributed by atoms with Gasteiger partial charge in [-0.1, -0.05) is 28.9 Å². The molecule has 0 saturated carbocycles. The van der Waals surface area contributed by atoms with Crippen molar-refractivity contribution in [3.63, 3.8) is 0 Å². The number of ether oxygens (including phenoxy) is 1. The summed E-state index contributed by atoms with van der Waals surface area (Å²) in [7, 11) is 1.70. The largest absolute Gasteiger partial charge is 0.384 e. The molecule has 2 heterocycles. The van der Waals surface area contributed by atoms with Crippen LogP contribution in [-0.2, 0) is 11.3 Å². The van der Waals surface area contributed by atoms with Crippen LogP contribution in [0, 0.1) is 5.92 Å². The van der Waals surface area contributed by atoms with E-state index in [9.17, 15) is 4.79 Å². The molecule has 1 aliphatic heterocycles. The molecular weight excluding hydrogens is 328 g/mol. The lowest BCUT2D eigenvalue weighted by Gasteiger charge is -2.31. The van der Waals surface area contributed by atoms with Crippen molar-refractivity contribution in [2.45, 2.75) is 19.4 Å². The highest BCUT2D eigenvalue weighted by atomic mass is 35.5. The van der Waals surface area contributed by atoms with E-state index in [0.29, 0.717) is 29.8 Å². The Hall–Kier alpha value is -1.92. The van der Waals surface area contributed by atoms with Gasteiger partial charge in [0.2, 0.25) is 0 Å². The summed E-state index contributed by atoms with van der Waals surface area (Å²) in [5, 5.41) is 8.81. The first-order valence-corrected chi connectivity index (χ1v) is 8.46. The van der Waals surface area contributed by atoms with E-state index >= 15 is 0 Å². The molecule has 1 saturated heterocycles. The van der Waals surface area contributed by atoms with Crippen LogP contribution in [0.15, 0.2) is 30.5 Å². The van der Waals surface area contributed by atoms with Gasteiger partial charge in [0.05, 0.1) is 19.3 Å². The Morgan fingerprint density at radius 3 is 2.92 bits per heavy atom. The Morgan fingerprint density at radius 1 is 1.38 bits per heavy atom. The number of carbonyl (C=O) groups excluding carboxylic acids is 1. The van der Waals surface area contributed by atoms with Crippen LogP contribution in [0.2, 0.25) is 5.02 Å². The molecule has 1 aromatic carbocycles. The SMILES string of the molecule is COC[C@H]1CCCN(C(=O)c2cn(Cc3ccc(Cl)cc3)nn2)C1. The van der Waals surface area contributed by atoms with Gasteiger partial charge in [-0.15, -0.1) is 5.10 Å². The normalized spacial score (nSPS) is 17.9. The first kappa shape index (κ1) is 16.9. The summed E-state index contributed by atoms with van der Waals surface area (Å²) in [6, 6.07) is 7.55. The lowest BCUT2D eigenvalue weighted by atomic mass is 9.99. The van der Waals surface area contributed by atoms with Gasteiger partial charge in [-0.25, -0.2) is 4.68 Å². The van der Waals surface area contributed by atoms with Crippen molar-refractivity contribution in [3.05, 3.63) is 46.7 Å². The molecule has 1 aromatic heterocycles. The van der Waals surface area contributed by atoms with Crippen molar-refractivity contribution >= 4 is 17.5 Å². The van der Waals surface area contributed by atoms with Crippen LogP contribution in [0.4, 0.5) is 0 Å². The maximum Gasteiger partial charge on any atom is 0.276 e. The third-order valence-corrected chi connectivity index (χ3v) is 4.48. The Morgan fingerprint density at radius 2 is 2.17 bits per heavy atom. The van der Waals surface area contributed by atoms with Gasteiger partial charge in [0.1, 0.15) is 0 Å². The number of nitrogens with zero attached hydrogens (tertiary/aromatic N) is 4. The second kappa shape index (κ2) is 7.77. The highest BCUT2D eigenvalue weighted by molar-refractivity contribution is 6.30. The molecule has 0 aliphatic carbocycles. The fourth-order valence-electron chi connectivity index (χ4n) is 3.03. The van der Waals surface area contributed by atoms with Gasteiger partial charge in [-0.3, -0.25) is 4.79 Å². The number of hydrogen-bond donors (Lipinski definition) is 0. The predicted octanol–water partition coefficient (Wildman–Crippen LogP) is 2.48. The first-order chi connectivity index (χ1) is 11.7. The average molecular weight is 349 g/mol. The molecule has 1 aliphatic rings. The van der Waals surface area contributed by atoms with E-state index in [1.807, 2.05) is 29.2 Å². The fourth-order valence-corrected chi connectivity index (χ4v) is 3.16. The summed E-state index contributed by atoms with van der Waals surface area (Å²) < 4.78 is 6.89. The second-order valence-corrected chi connectivity index (χ2v) is 6.58. The standard InChI is InChI=1S/C17H21ClN4O2/c1-24-12-14-3-2-8-21(9-14)17(23)16-11-22(20-19-16)10-13-4-6-15(18)7-5-13/h4-7,11,14H,2-3,8-10,12H2,1H3/t14-/m0/s1. The lowest BCUT2D eigenvalue weighted by molar-refractivity contribution is 0.0565. The second-order valence-electron chi connectivity index (χ2n) is 6.14. The lowest BCUT2D eigenvalue weighted by Crippen LogP contribution is -2.41. The quantitative estimate of drug-likeness (QED) is 0.832. The van der Waals surface area contributed by atoms with Gasteiger partial charge in [-0.2, -0.15) is 0 Å². The molecule has 1 atom stereocenters. The van der Waals surface area contributed by atoms with Crippen molar-refractivity contribution in [1.82, 2.24) is 19.9 Å². The first-order valence-electron chi connectivity index (χ1n) is 8.08. The zero-order chi connectivity index (χ0) is 16.9. The van der Waals surface area contributed by atoms with E-state index in [-0.39, 0.29) is 5.91 Å². The van der Waals surface area contributed by atoms with Crippen LogP contribution in [-0.4, -0.2) is 52.6 Å². The molecule has 7 heteroatoms. The maximum atomic E-state index is 12.6. The number of piperidine rings is 1. The number of amides is 1. The molecule has 0 unspecified atom stereocenters. The summed E-state index contributed by atoms with van der Waals surface area (Å²) >= 11 is 5.89. The number of aromatic nitrogens is 3. The molecule has 128 valence electrons. The van der Waals surface area contributed by atoms with E-state index in [4.69, 9.17) is 16.3 Å². The molecule has 2 aromatic rings. The van der Waals surface area contributed by atoms with Crippen molar-refractivity contribution in [3.8, 4) is 0 Å². The fraction of sp³-hybridized carbons (Fsp3) is 0.471. The summed E-state index contributed by atoms with van der Waals surface area (Å²) in [6.45, 7) is 2.73. The average Bonchev–Trinajstić information content (AvgIpc) is 3.05. The summed E-state index contributed by atoms with van der Waals surface area (Å²) in [5.41, 5.74) is 1.45. The Balaban J connectivity index is 1.64. The third kappa shape index (κ3) is 4.13. The van der Waals surface area contributed by atoms with Crippen LogP contribution >= 0.6 is 11.6 Å². The van der Waals surface area contributed by atoms with Crippen LogP contribution in [0.5, 0.6) is 0 Å².